The molecule has 120 valence electrons. The van der Waals surface area contributed by atoms with Crippen molar-refractivity contribution in [3.05, 3.63) is 23.4 Å². The average molecular weight is 291 g/mol. The predicted molar refractivity (Wildman–Crippen MR) is 92.9 cm³/mol. The van der Waals surface area contributed by atoms with E-state index in [1.807, 2.05) is 0 Å². The Balaban J connectivity index is 2.84. The summed E-state index contributed by atoms with van der Waals surface area (Å²) in [5.41, 5.74) is 2.56. The van der Waals surface area contributed by atoms with Crippen molar-refractivity contribution in [2.45, 2.75) is 66.5 Å². The Bertz CT molecular complexity index is 413. The Morgan fingerprint density at radius 3 is 2.48 bits per heavy atom. The molecule has 0 aliphatic heterocycles. The van der Waals surface area contributed by atoms with Crippen LogP contribution in [-0.4, -0.2) is 24.6 Å². The van der Waals surface area contributed by atoms with E-state index in [0.717, 1.165) is 37.7 Å². The van der Waals surface area contributed by atoms with E-state index in [1.165, 1.54) is 17.7 Å². The van der Waals surface area contributed by atoms with E-state index < -0.39 is 0 Å². The lowest BCUT2D eigenvalue weighted by molar-refractivity contribution is 0.580. The van der Waals surface area contributed by atoms with Gasteiger partial charge in [-0.25, -0.2) is 4.98 Å². The Morgan fingerprint density at radius 1 is 1.19 bits per heavy atom. The molecule has 0 saturated carbocycles. The van der Waals surface area contributed by atoms with E-state index in [-0.39, 0.29) is 0 Å². The van der Waals surface area contributed by atoms with Gasteiger partial charge in [0.05, 0.1) is 0 Å². The number of hydrogen-bond acceptors (Lipinski definition) is 3. The quantitative estimate of drug-likeness (QED) is 0.745. The third kappa shape index (κ3) is 6.94. The first-order valence-corrected chi connectivity index (χ1v) is 8.36. The lowest BCUT2D eigenvalue weighted by Crippen LogP contribution is -2.24. The van der Waals surface area contributed by atoms with Gasteiger partial charge in [0.2, 0.25) is 0 Å². The monoisotopic (exact) mass is 291 g/mol. The van der Waals surface area contributed by atoms with Crippen molar-refractivity contribution in [3.63, 3.8) is 0 Å². The number of aryl methyl sites for hydroxylation is 1. The molecule has 0 aliphatic rings. The summed E-state index contributed by atoms with van der Waals surface area (Å²) >= 11 is 0. The van der Waals surface area contributed by atoms with Gasteiger partial charge in [-0.1, -0.05) is 41.0 Å². The van der Waals surface area contributed by atoms with E-state index in [4.69, 9.17) is 4.98 Å². The Labute approximate surface area is 131 Å². The average Bonchev–Trinajstić information content (AvgIpc) is 2.42. The smallest absolute Gasteiger partial charge is 0.128 e. The molecule has 1 heterocycles. The molecule has 1 N–H and O–H groups in total. The van der Waals surface area contributed by atoms with Gasteiger partial charge in [0.25, 0.3) is 0 Å². The second-order valence-electron chi connectivity index (χ2n) is 6.71. The van der Waals surface area contributed by atoms with Crippen LogP contribution in [0.2, 0.25) is 0 Å². The largest absolute Gasteiger partial charge is 0.360 e. The van der Waals surface area contributed by atoms with Crippen LogP contribution in [0.4, 0.5) is 5.82 Å². The number of pyridine rings is 1. The lowest BCUT2D eigenvalue weighted by Gasteiger charge is -2.21. The minimum atomic E-state index is 0.509. The summed E-state index contributed by atoms with van der Waals surface area (Å²) in [7, 11) is 2.15. The van der Waals surface area contributed by atoms with E-state index in [9.17, 15) is 0 Å². The Kier molecular flexibility index (Phi) is 7.73. The van der Waals surface area contributed by atoms with Gasteiger partial charge in [0.1, 0.15) is 5.82 Å². The highest BCUT2D eigenvalue weighted by Crippen LogP contribution is 2.16. The maximum Gasteiger partial charge on any atom is 0.128 e. The molecule has 0 radical (unpaired) electrons. The summed E-state index contributed by atoms with van der Waals surface area (Å²) in [4.78, 5) is 7.12. The molecule has 0 bridgehead atoms. The standard InChI is InChI=1S/C18H33N3/c1-7-8-17-11-16(13-19-15(4)5)12-18(20-17)21(6)10-9-14(2)3/h11-12,14-15,19H,7-10,13H2,1-6H3. The molecule has 0 saturated heterocycles. The van der Waals surface area contributed by atoms with E-state index in [2.05, 4.69) is 64.0 Å². The Morgan fingerprint density at radius 2 is 1.90 bits per heavy atom. The molecule has 21 heavy (non-hydrogen) atoms. The molecule has 0 spiro atoms. The van der Waals surface area contributed by atoms with Gasteiger partial charge in [0.15, 0.2) is 0 Å². The van der Waals surface area contributed by atoms with Crippen molar-refractivity contribution in [2.75, 3.05) is 18.5 Å². The molecule has 0 aromatic carbocycles. The Hall–Kier alpha value is -1.09. The van der Waals surface area contributed by atoms with E-state index in [0.29, 0.717) is 6.04 Å². The van der Waals surface area contributed by atoms with Gasteiger partial charge >= 0.3 is 0 Å². The SMILES string of the molecule is CCCc1cc(CNC(C)C)cc(N(C)CCC(C)C)n1. The van der Waals surface area contributed by atoms with E-state index >= 15 is 0 Å². The maximum absolute atomic E-state index is 4.83. The number of nitrogens with one attached hydrogen (secondary N) is 1. The molecule has 0 amide bonds. The minimum Gasteiger partial charge on any atom is -0.360 e. The molecule has 3 nitrogen and oxygen atoms in total. The fourth-order valence-corrected chi connectivity index (χ4v) is 2.20. The fraction of sp³-hybridized carbons (Fsp3) is 0.722. The topological polar surface area (TPSA) is 28.2 Å². The number of anilines is 1. The van der Waals surface area contributed by atoms with Gasteiger partial charge in [0, 0.05) is 31.9 Å². The molecule has 0 unspecified atom stereocenters. The summed E-state index contributed by atoms with van der Waals surface area (Å²) in [6, 6.07) is 4.99. The molecule has 0 fully saturated rings. The highest BCUT2D eigenvalue weighted by Gasteiger charge is 2.08. The first-order valence-electron chi connectivity index (χ1n) is 8.36. The first-order chi connectivity index (χ1) is 9.92. The molecule has 1 rings (SSSR count). The third-order valence-corrected chi connectivity index (χ3v) is 3.58. The molecule has 0 atom stereocenters. The van der Waals surface area contributed by atoms with Gasteiger partial charge < -0.3 is 10.2 Å². The zero-order valence-electron chi connectivity index (χ0n) is 14.7. The number of hydrogen-bond donors (Lipinski definition) is 1. The molecular formula is C18H33N3. The molecule has 1 aromatic rings. The number of aromatic nitrogens is 1. The second-order valence-corrected chi connectivity index (χ2v) is 6.71. The van der Waals surface area contributed by atoms with Crippen molar-refractivity contribution < 1.29 is 0 Å². The van der Waals surface area contributed by atoms with E-state index in [1.54, 1.807) is 0 Å². The third-order valence-electron chi connectivity index (χ3n) is 3.58. The number of rotatable bonds is 9. The molecule has 0 aliphatic carbocycles. The summed E-state index contributed by atoms with van der Waals surface area (Å²) in [5.74, 6) is 1.84. The molecular weight excluding hydrogens is 258 g/mol. The summed E-state index contributed by atoms with van der Waals surface area (Å²) in [6.45, 7) is 13.1. The van der Waals surface area contributed by atoms with Crippen LogP contribution in [-0.2, 0) is 13.0 Å². The molecule has 1 aromatic heterocycles. The van der Waals surface area contributed by atoms with Gasteiger partial charge in [-0.3, -0.25) is 0 Å². The van der Waals surface area contributed by atoms with Crippen molar-refractivity contribution >= 4 is 5.82 Å². The van der Waals surface area contributed by atoms with Gasteiger partial charge in [-0.15, -0.1) is 0 Å². The minimum absolute atomic E-state index is 0.509. The van der Waals surface area contributed by atoms with Crippen molar-refractivity contribution in [2.24, 2.45) is 5.92 Å². The van der Waals surface area contributed by atoms with Crippen molar-refractivity contribution in [3.8, 4) is 0 Å². The normalized spacial score (nSPS) is 11.4. The zero-order chi connectivity index (χ0) is 15.8. The summed E-state index contributed by atoms with van der Waals surface area (Å²) in [5, 5.41) is 3.50. The van der Waals surface area contributed by atoms with Gasteiger partial charge in [-0.05, 0) is 36.5 Å². The van der Waals surface area contributed by atoms with Crippen LogP contribution < -0.4 is 10.2 Å². The number of nitrogens with zero attached hydrogens (tertiary/aromatic N) is 2. The van der Waals surface area contributed by atoms with Crippen LogP contribution in [0.1, 0.15) is 58.7 Å². The first kappa shape index (κ1) is 18.0. The van der Waals surface area contributed by atoms with Gasteiger partial charge in [-0.2, -0.15) is 0 Å². The van der Waals surface area contributed by atoms with Crippen LogP contribution in [0, 0.1) is 5.92 Å². The molecule has 3 heteroatoms. The highest BCUT2D eigenvalue weighted by atomic mass is 15.2. The zero-order valence-corrected chi connectivity index (χ0v) is 14.7. The van der Waals surface area contributed by atoms with Crippen LogP contribution in [0.5, 0.6) is 0 Å². The van der Waals surface area contributed by atoms with Crippen LogP contribution >= 0.6 is 0 Å². The second kappa shape index (κ2) is 9.04. The van der Waals surface area contributed by atoms with Crippen molar-refractivity contribution in [1.82, 2.24) is 10.3 Å². The maximum atomic E-state index is 4.83. The van der Waals surface area contributed by atoms with Crippen LogP contribution in [0.3, 0.4) is 0 Å². The van der Waals surface area contributed by atoms with Crippen molar-refractivity contribution in [1.29, 1.82) is 0 Å². The summed E-state index contributed by atoms with van der Waals surface area (Å²) < 4.78 is 0. The lowest BCUT2D eigenvalue weighted by atomic mass is 10.1. The van der Waals surface area contributed by atoms with Crippen LogP contribution in [0.25, 0.3) is 0 Å². The fourth-order valence-electron chi connectivity index (χ4n) is 2.20. The predicted octanol–water partition coefficient (Wildman–Crippen LogP) is 4.01. The summed E-state index contributed by atoms with van der Waals surface area (Å²) in [6.07, 6.45) is 3.40. The van der Waals surface area contributed by atoms with Crippen LogP contribution in [0.15, 0.2) is 12.1 Å². The highest BCUT2D eigenvalue weighted by molar-refractivity contribution is 5.42.